The maximum absolute atomic E-state index is 11.9. The Balaban J connectivity index is 0. The fourth-order valence-electron chi connectivity index (χ4n) is 1.06. The minimum absolute atomic E-state index is 0. The molecule has 0 atom stereocenters. The summed E-state index contributed by atoms with van der Waals surface area (Å²) in [6.07, 6.45) is 0.853. The highest BCUT2D eigenvalue weighted by Gasteiger charge is 2.23. The average molecular weight is 289 g/mol. The van der Waals surface area contributed by atoms with Crippen molar-refractivity contribution in [2.45, 2.75) is 26.7 Å². The number of carbonyl (C=O) groups excluding carboxylic acids is 1. The predicted molar refractivity (Wildman–Crippen MR) is 69.4 cm³/mol. The van der Waals surface area contributed by atoms with E-state index >= 15 is 0 Å². The van der Waals surface area contributed by atoms with Crippen LogP contribution < -0.4 is 11.1 Å². The van der Waals surface area contributed by atoms with Gasteiger partial charge in [-0.05, 0) is 26.8 Å². The largest absolute Gasteiger partial charge is 0.349 e. The maximum atomic E-state index is 11.9. The predicted octanol–water partition coefficient (Wildman–Crippen LogP) is 1.49. The van der Waals surface area contributed by atoms with Crippen molar-refractivity contribution in [2.24, 2.45) is 5.73 Å². The molecule has 104 valence electrons. The van der Waals surface area contributed by atoms with Crippen molar-refractivity contribution in [2.75, 3.05) is 26.0 Å². The van der Waals surface area contributed by atoms with E-state index in [2.05, 4.69) is 5.32 Å². The Labute approximate surface area is 109 Å². The van der Waals surface area contributed by atoms with E-state index in [9.17, 15) is 9.36 Å². The number of hydrogen-bond acceptors (Lipinski definition) is 5. The van der Waals surface area contributed by atoms with Crippen LogP contribution in [-0.2, 0) is 18.4 Å². The van der Waals surface area contributed by atoms with Crippen molar-refractivity contribution < 1.29 is 18.4 Å². The van der Waals surface area contributed by atoms with Gasteiger partial charge in [0.1, 0.15) is 6.29 Å². The summed E-state index contributed by atoms with van der Waals surface area (Å²) in [5.41, 5.74) is 5.27. The average Bonchev–Trinajstić information content (AvgIpc) is 2.24. The summed E-state index contributed by atoms with van der Waals surface area (Å²) in [6, 6.07) is 0. The molecule has 0 aliphatic carbocycles. The summed E-state index contributed by atoms with van der Waals surface area (Å²) < 4.78 is 21.9. The van der Waals surface area contributed by atoms with Gasteiger partial charge in [-0.3, -0.25) is 9.36 Å². The lowest BCUT2D eigenvalue weighted by atomic mass is 10.3. The normalized spacial score (nSPS) is 10.8. The number of amides is 1. The Kier molecular flexibility index (Phi) is 12.4. The Morgan fingerprint density at radius 3 is 2.24 bits per heavy atom. The van der Waals surface area contributed by atoms with E-state index in [1.165, 1.54) is 0 Å². The summed E-state index contributed by atoms with van der Waals surface area (Å²) in [4.78, 5) is 11.3. The summed E-state index contributed by atoms with van der Waals surface area (Å²) in [5, 5.41) is 2.52. The van der Waals surface area contributed by atoms with E-state index in [0.29, 0.717) is 19.4 Å². The maximum Gasteiger partial charge on any atom is 0.349 e. The van der Waals surface area contributed by atoms with E-state index in [0.717, 1.165) is 0 Å². The van der Waals surface area contributed by atoms with Crippen molar-refractivity contribution in [1.82, 2.24) is 5.32 Å². The van der Waals surface area contributed by atoms with E-state index in [1.54, 1.807) is 13.8 Å². The van der Waals surface area contributed by atoms with Crippen LogP contribution in [0.3, 0.4) is 0 Å². The van der Waals surface area contributed by atoms with Crippen LogP contribution in [0.15, 0.2) is 0 Å². The van der Waals surface area contributed by atoms with E-state index in [-0.39, 0.29) is 37.8 Å². The molecule has 0 saturated carbocycles. The number of rotatable bonds is 9. The van der Waals surface area contributed by atoms with Crippen LogP contribution in [-0.4, -0.2) is 32.0 Å². The van der Waals surface area contributed by atoms with Gasteiger partial charge >= 0.3 is 7.60 Å². The molecule has 6 nitrogen and oxygen atoms in total. The molecule has 8 heteroatoms. The van der Waals surface area contributed by atoms with E-state index in [1.807, 2.05) is 0 Å². The molecule has 0 saturated heterocycles. The van der Waals surface area contributed by atoms with Gasteiger partial charge in [-0.2, -0.15) is 0 Å². The summed E-state index contributed by atoms with van der Waals surface area (Å²) >= 11 is 0. The molecule has 0 radical (unpaired) electrons. The van der Waals surface area contributed by atoms with Crippen molar-refractivity contribution in [3.05, 3.63) is 0 Å². The van der Waals surface area contributed by atoms with Crippen molar-refractivity contribution in [3.63, 3.8) is 0 Å². The molecule has 0 spiro atoms. The molecule has 0 aliphatic heterocycles. The van der Waals surface area contributed by atoms with Crippen LogP contribution in [0.2, 0.25) is 0 Å². The van der Waals surface area contributed by atoms with Gasteiger partial charge in [-0.15, -0.1) is 12.4 Å². The lowest BCUT2D eigenvalue weighted by molar-refractivity contribution is -0.120. The van der Waals surface area contributed by atoms with Crippen LogP contribution in [0, 0.1) is 0 Å². The van der Waals surface area contributed by atoms with Crippen LogP contribution in [0.4, 0.5) is 0 Å². The number of halogens is 1. The first-order valence-corrected chi connectivity index (χ1v) is 7.15. The Hall–Kier alpha value is -0.130. The SMILES string of the molecule is CCOP(=O)(CNC(=O)CCCN)OCC.Cl. The van der Waals surface area contributed by atoms with Crippen LogP contribution in [0.25, 0.3) is 0 Å². The zero-order valence-corrected chi connectivity index (χ0v) is 12.0. The first-order valence-electron chi connectivity index (χ1n) is 5.42. The van der Waals surface area contributed by atoms with Crippen LogP contribution in [0.1, 0.15) is 26.7 Å². The summed E-state index contributed by atoms with van der Waals surface area (Å²) in [5.74, 6) is -0.190. The summed E-state index contributed by atoms with van der Waals surface area (Å²) in [7, 11) is -3.17. The third-order valence-electron chi connectivity index (χ3n) is 1.73. The second kappa shape index (κ2) is 11.0. The minimum atomic E-state index is -3.17. The molecular weight excluding hydrogens is 267 g/mol. The number of hydrogen-bond donors (Lipinski definition) is 2. The van der Waals surface area contributed by atoms with Gasteiger partial charge in [0.25, 0.3) is 0 Å². The second-order valence-corrected chi connectivity index (χ2v) is 5.15. The van der Waals surface area contributed by atoms with Crippen molar-refractivity contribution in [3.8, 4) is 0 Å². The zero-order chi connectivity index (χ0) is 12.4. The topological polar surface area (TPSA) is 90.7 Å². The fourth-order valence-corrected chi connectivity index (χ4v) is 2.47. The van der Waals surface area contributed by atoms with Crippen LogP contribution in [0.5, 0.6) is 0 Å². The molecule has 0 heterocycles. The number of nitrogens with one attached hydrogen (secondary N) is 1. The third kappa shape index (κ3) is 9.56. The molecule has 0 aromatic rings. The molecule has 0 fully saturated rings. The van der Waals surface area contributed by atoms with Crippen molar-refractivity contribution in [1.29, 1.82) is 0 Å². The Morgan fingerprint density at radius 2 is 1.82 bits per heavy atom. The molecule has 0 bridgehead atoms. The fraction of sp³-hybridized carbons (Fsp3) is 0.889. The molecule has 0 unspecified atom stereocenters. The lowest BCUT2D eigenvalue weighted by Gasteiger charge is -2.17. The molecule has 17 heavy (non-hydrogen) atoms. The van der Waals surface area contributed by atoms with Gasteiger partial charge in [0.15, 0.2) is 0 Å². The molecule has 0 aliphatic rings. The minimum Gasteiger partial charge on any atom is -0.344 e. The lowest BCUT2D eigenvalue weighted by Crippen LogP contribution is -2.26. The first kappa shape index (κ1) is 19.2. The Bertz CT molecular complexity index is 243. The van der Waals surface area contributed by atoms with Gasteiger partial charge in [0.2, 0.25) is 5.91 Å². The summed E-state index contributed by atoms with van der Waals surface area (Å²) in [6.45, 7) is 4.48. The van der Waals surface area contributed by atoms with Crippen LogP contribution >= 0.6 is 20.0 Å². The van der Waals surface area contributed by atoms with Gasteiger partial charge in [0.05, 0.1) is 13.2 Å². The second-order valence-electron chi connectivity index (χ2n) is 3.10. The van der Waals surface area contributed by atoms with E-state index < -0.39 is 7.60 Å². The van der Waals surface area contributed by atoms with Gasteiger partial charge in [-0.1, -0.05) is 0 Å². The monoisotopic (exact) mass is 288 g/mol. The number of carbonyl (C=O) groups is 1. The number of nitrogens with two attached hydrogens (primary N) is 1. The molecule has 0 aromatic heterocycles. The first-order chi connectivity index (χ1) is 7.58. The molecule has 1 amide bonds. The zero-order valence-electron chi connectivity index (χ0n) is 10.3. The molecule has 3 N–H and O–H groups in total. The highest BCUT2D eigenvalue weighted by atomic mass is 35.5. The van der Waals surface area contributed by atoms with Gasteiger partial charge < -0.3 is 20.1 Å². The van der Waals surface area contributed by atoms with Crippen molar-refractivity contribution >= 4 is 25.9 Å². The standard InChI is InChI=1S/C9H21N2O4P.ClH/c1-3-14-16(13,15-4-2)8-11-9(12)6-5-7-10;/h3-8,10H2,1-2H3,(H,11,12);1H. The molecular formula is C9H22ClN2O4P. The van der Waals surface area contributed by atoms with E-state index in [4.69, 9.17) is 14.8 Å². The molecule has 0 rings (SSSR count). The molecule has 0 aromatic carbocycles. The highest BCUT2D eigenvalue weighted by molar-refractivity contribution is 7.53. The Morgan fingerprint density at radius 1 is 1.29 bits per heavy atom. The smallest absolute Gasteiger partial charge is 0.344 e. The van der Waals surface area contributed by atoms with Gasteiger partial charge in [0, 0.05) is 6.42 Å². The highest BCUT2D eigenvalue weighted by Crippen LogP contribution is 2.46. The van der Waals surface area contributed by atoms with Gasteiger partial charge in [-0.25, -0.2) is 0 Å². The quantitative estimate of drug-likeness (QED) is 0.627. The third-order valence-corrected chi connectivity index (χ3v) is 3.58.